The van der Waals surface area contributed by atoms with Crippen LogP contribution in [-0.4, -0.2) is 46.9 Å². The zero-order valence-corrected chi connectivity index (χ0v) is 13.8. The molecule has 1 amide bonds. The van der Waals surface area contributed by atoms with Crippen molar-refractivity contribution in [1.82, 2.24) is 15.1 Å². The van der Waals surface area contributed by atoms with Gasteiger partial charge in [0.15, 0.2) is 0 Å². The number of rotatable bonds is 5. The molecule has 1 aliphatic rings. The number of ether oxygens (including phenoxy) is 1. The Hall–Kier alpha value is -1.37. The maximum atomic E-state index is 11.6. The molecule has 0 bridgehead atoms. The molecule has 1 aromatic heterocycles. The van der Waals surface area contributed by atoms with Crippen LogP contribution in [0.15, 0.2) is 0 Å². The van der Waals surface area contributed by atoms with Crippen LogP contribution in [0, 0.1) is 5.92 Å². The summed E-state index contributed by atoms with van der Waals surface area (Å²) in [6.07, 6.45) is 2.60. The van der Waals surface area contributed by atoms with Gasteiger partial charge in [-0.25, -0.2) is 4.79 Å². The summed E-state index contributed by atoms with van der Waals surface area (Å²) in [4.78, 5) is 13.4. The normalized spacial score (nSPS) is 16.3. The highest BCUT2D eigenvalue weighted by Gasteiger charge is 2.24. The summed E-state index contributed by atoms with van der Waals surface area (Å²) in [7, 11) is 0. The van der Waals surface area contributed by atoms with E-state index in [0.717, 1.165) is 42.5 Å². The highest BCUT2D eigenvalue weighted by Crippen LogP contribution is 2.22. The molecule has 1 fully saturated rings. The minimum absolute atomic E-state index is 0.203. The van der Waals surface area contributed by atoms with Gasteiger partial charge in [0, 0.05) is 25.6 Å². The molecule has 7 heteroatoms. The number of hydrogen-bond acceptors (Lipinski definition) is 6. The fraction of sp³-hybridized carbons (Fsp3) is 0.786. The van der Waals surface area contributed by atoms with Gasteiger partial charge in [-0.1, -0.05) is 25.2 Å². The minimum atomic E-state index is -0.203. The molecular formula is C14H24N4O2S. The zero-order chi connectivity index (χ0) is 15.2. The smallest absolute Gasteiger partial charge is 0.409 e. The van der Waals surface area contributed by atoms with E-state index in [1.165, 1.54) is 0 Å². The number of carbonyl (C=O) groups is 1. The van der Waals surface area contributed by atoms with Crippen LogP contribution in [0.5, 0.6) is 0 Å². The van der Waals surface area contributed by atoms with Gasteiger partial charge in [-0.15, -0.1) is 10.2 Å². The van der Waals surface area contributed by atoms with Crippen molar-refractivity contribution in [1.29, 1.82) is 0 Å². The van der Waals surface area contributed by atoms with Crippen molar-refractivity contribution in [2.75, 3.05) is 25.0 Å². The van der Waals surface area contributed by atoms with Crippen LogP contribution in [0.2, 0.25) is 0 Å². The molecule has 6 nitrogen and oxygen atoms in total. The van der Waals surface area contributed by atoms with Gasteiger partial charge in [0.25, 0.3) is 0 Å². The van der Waals surface area contributed by atoms with Gasteiger partial charge in [-0.2, -0.15) is 0 Å². The van der Waals surface area contributed by atoms with Crippen LogP contribution in [-0.2, 0) is 11.2 Å². The molecule has 1 aromatic rings. The standard InChI is InChI=1S/C14H24N4O2S/c1-4-20-14(19)18-7-5-11(6-8-18)15-13-17-16-12(21-13)9-10(2)3/h10-11H,4-9H2,1-3H3,(H,15,17). The Kier molecular flexibility index (Phi) is 5.78. The fourth-order valence-corrected chi connectivity index (χ4v) is 3.37. The van der Waals surface area contributed by atoms with Gasteiger partial charge in [-0.3, -0.25) is 0 Å². The molecule has 0 saturated carbocycles. The van der Waals surface area contributed by atoms with Crippen LogP contribution in [0.1, 0.15) is 38.6 Å². The number of nitrogens with one attached hydrogen (secondary N) is 1. The quantitative estimate of drug-likeness (QED) is 0.905. The lowest BCUT2D eigenvalue weighted by Gasteiger charge is -2.31. The van der Waals surface area contributed by atoms with E-state index in [2.05, 4.69) is 29.4 Å². The molecule has 0 radical (unpaired) electrons. The molecule has 0 unspecified atom stereocenters. The molecule has 0 atom stereocenters. The Bertz CT molecular complexity index is 456. The average Bonchev–Trinajstić information content (AvgIpc) is 2.86. The van der Waals surface area contributed by atoms with E-state index in [9.17, 15) is 4.79 Å². The van der Waals surface area contributed by atoms with Gasteiger partial charge in [0.1, 0.15) is 5.01 Å². The van der Waals surface area contributed by atoms with E-state index in [0.29, 0.717) is 18.6 Å². The molecule has 2 heterocycles. The van der Waals surface area contributed by atoms with E-state index < -0.39 is 0 Å². The molecule has 0 aromatic carbocycles. The molecule has 118 valence electrons. The van der Waals surface area contributed by atoms with Crippen molar-refractivity contribution < 1.29 is 9.53 Å². The number of nitrogens with zero attached hydrogens (tertiary/aromatic N) is 3. The number of amides is 1. The van der Waals surface area contributed by atoms with Gasteiger partial charge in [0.2, 0.25) is 5.13 Å². The molecule has 1 aliphatic heterocycles. The van der Waals surface area contributed by atoms with E-state index >= 15 is 0 Å². The van der Waals surface area contributed by atoms with Crippen LogP contribution in [0.3, 0.4) is 0 Å². The van der Waals surface area contributed by atoms with Gasteiger partial charge in [0.05, 0.1) is 6.61 Å². The van der Waals surface area contributed by atoms with Gasteiger partial charge in [-0.05, 0) is 25.7 Å². The van der Waals surface area contributed by atoms with Crippen LogP contribution < -0.4 is 5.32 Å². The van der Waals surface area contributed by atoms with E-state index in [1.54, 1.807) is 16.2 Å². The van der Waals surface area contributed by atoms with E-state index in [4.69, 9.17) is 4.74 Å². The summed E-state index contributed by atoms with van der Waals surface area (Å²) in [5.41, 5.74) is 0. The van der Waals surface area contributed by atoms with Crippen molar-refractivity contribution in [2.45, 2.75) is 46.1 Å². The first-order valence-corrected chi connectivity index (χ1v) is 8.40. The first-order chi connectivity index (χ1) is 10.1. The minimum Gasteiger partial charge on any atom is -0.450 e. The summed E-state index contributed by atoms with van der Waals surface area (Å²) in [6, 6.07) is 0.357. The van der Waals surface area contributed by atoms with E-state index in [-0.39, 0.29) is 6.09 Å². The Balaban J connectivity index is 1.78. The van der Waals surface area contributed by atoms with Gasteiger partial charge >= 0.3 is 6.09 Å². The number of hydrogen-bond donors (Lipinski definition) is 1. The van der Waals surface area contributed by atoms with E-state index in [1.807, 2.05) is 6.92 Å². The summed E-state index contributed by atoms with van der Waals surface area (Å²) in [6.45, 7) is 8.08. The second kappa shape index (κ2) is 7.59. The third-order valence-electron chi connectivity index (χ3n) is 3.40. The second-order valence-electron chi connectivity index (χ2n) is 5.70. The third-order valence-corrected chi connectivity index (χ3v) is 4.28. The lowest BCUT2D eigenvalue weighted by atomic mass is 10.1. The molecule has 2 rings (SSSR count). The third kappa shape index (κ3) is 4.84. The first-order valence-electron chi connectivity index (χ1n) is 7.59. The fourth-order valence-electron chi connectivity index (χ4n) is 2.34. The number of likely N-dealkylation sites (tertiary alicyclic amines) is 1. The zero-order valence-electron chi connectivity index (χ0n) is 13.0. The maximum absolute atomic E-state index is 11.6. The monoisotopic (exact) mass is 312 g/mol. The van der Waals surface area contributed by atoms with Crippen LogP contribution >= 0.6 is 11.3 Å². The SMILES string of the molecule is CCOC(=O)N1CCC(Nc2nnc(CC(C)C)s2)CC1. The first kappa shape index (κ1) is 16.0. The predicted molar refractivity (Wildman–Crippen MR) is 83.7 cm³/mol. The highest BCUT2D eigenvalue weighted by atomic mass is 32.1. The highest BCUT2D eigenvalue weighted by molar-refractivity contribution is 7.15. The molecule has 0 aliphatic carbocycles. The Morgan fingerprint density at radius 1 is 1.43 bits per heavy atom. The van der Waals surface area contributed by atoms with Crippen molar-refractivity contribution in [3.63, 3.8) is 0 Å². The van der Waals surface area contributed by atoms with Crippen molar-refractivity contribution in [3.8, 4) is 0 Å². The molecular weight excluding hydrogens is 288 g/mol. The predicted octanol–water partition coefficient (Wildman–Crippen LogP) is 2.77. The number of carbonyl (C=O) groups excluding carboxylic acids is 1. The van der Waals surface area contributed by atoms with Gasteiger partial charge < -0.3 is 15.0 Å². The van der Waals surface area contributed by atoms with Crippen molar-refractivity contribution in [3.05, 3.63) is 5.01 Å². The lowest BCUT2D eigenvalue weighted by molar-refractivity contribution is 0.0983. The van der Waals surface area contributed by atoms with Crippen molar-refractivity contribution in [2.24, 2.45) is 5.92 Å². The summed E-state index contributed by atoms with van der Waals surface area (Å²) in [5, 5.41) is 13.8. The van der Waals surface area contributed by atoms with Crippen molar-refractivity contribution >= 4 is 22.6 Å². The summed E-state index contributed by atoms with van der Waals surface area (Å²) in [5.74, 6) is 0.596. The Labute approximate surface area is 129 Å². The number of aromatic nitrogens is 2. The summed E-state index contributed by atoms with van der Waals surface area (Å²) < 4.78 is 5.02. The Morgan fingerprint density at radius 3 is 2.76 bits per heavy atom. The maximum Gasteiger partial charge on any atom is 0.409 e. The Morgan fingerprint density at radius 2 is 2.14 bits per heavy atom. The largest absolute Gasteiger partial charge is 0.450 e. The average molecular weight is 312 g/mol. The molecule has 21 heavy (non-hydrogen) atoms. The lowest BCUT2D eigenvalue weighted by Crippen LogP contribution is -2.42. The molecule has 1 N–H and O–H groups in total. The molecule has 1 saturated heterocycles. The number of piperidine rings is 1. The van der Waals surface area contributed by atoms with Crippen LogP contribution in [0.4, 0.5) is 9.93 Å². The topological polar surface area (TPSA) is 67.3 Å². The molecule has 0 spiro atoms. The van der Waals surface area contributed by atoms with Crippen LogP contribution in [0.25, 0.3) is 0 Å². The number of anilines is 1. The second-order valence-corrected chi connectivity index (χ2v) is 6.77. The summed E-state index contributed by atoms with van der Waals surface area (Å²) >= 11 is 1.63.